The van der Waals surface area contributed by atoms with Crippen molar-refractivity contribution in [2.75, 3.05) is 25.0 Å². The minimum absolute atomic E-state index is 0.00129. The third-order valence-corrected chi connectivity index (χ3v) is 5.98. The van der Waals surface area contributed by atoms with Gasteiger partial charge in [-0.25, -0.2) is 4.79 Å². The van der Waals surface area contributed by atoms with Crippen molar-refractivity contribution in [1.29, 1.82) is 0 Å². The summed E-state index contributed by atoms with van der Waals surface area (Å²) >= 11 is 0. The Balaban J connectivity index is 1.51. The maximum absolute atomic E-state index is 12.9. The molecule has 24 heavy (non-hydrogen) atoms. The summed E-state index contributed by atoms with van der Waals surface area (Å²) in [5, 5.41) is 3.18. The number of carbonyl (C=O) groups excluding carboxylic acids is 2. The van der Waals surface area contributed by atoms with Gasteiger partial charge in [0, 0.05) is 31.9 Å². The molecular weight excluding hydrogens is 302 g/mol. The summed E-state index contributed by atoms with van der Waals surface area (Å²) in [6.45, 7) is 1.14. The van der Waals surface area contributed by atoms with Crippen molar-refractivity contribution in [2.24, 2.45) is 0 Å². The first-order chi connectivity index (χ1) is 11.6. The fraction of sp³-hybridized carbons (Fsp3) is 0.579. The zero-order valence-electron chi connectivity index (χ0n) is 14.3. The monoisotopic (exact) mass is 327 g/mol. The molecule has 3 aliphatic rings. The average molecular weight is 327 g/mol. The summed E-state index contributed by atoms with van der Waals surface area (Å²) in [6, 6.07) is 8.28. The quantitative estimate of drug-likeness (QED) is 0.862. The van der Waals surface area contributed by atoms with Crippen LogP contribution in [0.3, 0.4) is 0 Å². The number of nitrogens with zero attached hydrogens (tertiary/aromatic N) is 2. The number of nitrogens with one attached hydrogen (secondary N) is 1. The van der Waals surface area contributed by atoms with Crippen LogP contribution in [-0.2, 0) is 10.2 Å². The molecular formula is C19H25N3O2. The van der Waals surface area contributed by atoms with Crippen molar-refractivity contribution in [2.45, 2.75) is 50.0 Å². The lowest BCUT2D eigenvalue weighted by molar-refractivity contribution is -0.122. The summed E-state index contributed by atoms with van der Waals surface area (Å²) in [5.41, 5.74) is 1.51. The molecule has 1 N–H and O–H groups in total. The molecule has 2 fully saturated rings. The Morgan fingerprint density at radius 2 is 1.96 bits per heavy atom. The molecule has 2 aliphatic heterocycles. The highest BCUT2D eigenvalue weighted by molar-refractivity contribution is 6.08. The molecule has 1 aromatic rings. The molecule has 0 radical (unpaired) electrons. The summed E-state index contributed by atoms with van der Waals surface area (Å²) in [6.07, 6.45) is 6.55. The van der Waals surface area contributed by atoms with Gasteiger partial charge in [0.1, 0.15) is 0 Å². The van der Waals surface area contributed by atoms with E-state index in [0.29, 0.717) is 25.6 Å². The molecule has 1 spiro atoms. The third-order valence-electron chi connectivity index (χ3n) is 5.98. The minimum Gasteiger partial charge on any atom is -0.335 e. The molecule has 1 aromatic carbocycles. The smallest absolute Gasteiger partial charge is 0.317 e. The second kappa shape index (κ2) is 5.80. The molecule has 1 saturated carbocycles. The number of carbonyl (C=O) groups is 2. The Labute approximate surface area is 143 Å². The molecule has 3 amide bonds. The first-order valence-electron chi connectivity index (χ1n) is 9.05. The van der Waals surface area contributed by atoms with Gasteiger partial charge in [0.2, 0.25) is 5.91 Å². The number of amides is 3. The lowest BCUT2D eigenvalue weighted by Gasteiger charge is -2.27. The number of benzene rings is 1. The van der Waals surface area contributed by atoms with Gasteiger partial charge in [0.05, 0.1) is 5.41 Å². The van der Waals surface area contributed by atoms with Gasteiger partial charge >= 0.3 is 6.03 Å². The molecule has 1 aliphatic carbocycles. The number of fused-ring (bicyclic) bond motifs is 2. The molecule has 5 heteroatoms. The second-order valence-electron chi connectivity index (χ2n) is 7.42. The number of likely N-dealkylation sites (tertiary alicyclic amines) is 1. The fourth-order valence-corrected chi connectivity index (χ4v) is 4.61. The number of para-hydroxylation sites is 1. The molecule has 5 nitrogen and oxygen atoms in total. The number of likely N-dealkylation sites (N-methyl/N-ethyl adjacent to an activating group) is 1. The molecule has 0 bridgehead atoms. The zero-order valence-corrected chi connectivity index (χ0v) is 14.3. The number of urea groups is 1. The Morgan fingerprint density at radius 3 is 2.75 bits per heavy atom. The van der Waals surface area contributed by atoms with Gasteiger partial charge in [0.25, 0.3) is 0 Å². The van der Waals surface area contributed by atoms with Crippen LogP contribution in [0.2, 0.25) is 0 Å². The van der Waals surface area contributed by atoms with Crippen molar-refractivity contribution in [3.63, 3.8) is 0 Å². The molecule has 1 saturated heterocycles. The normalized spacial score (nSPS) is 27.0. The van der Waals surface area contributed by atoms with E-state index in [1.165, 1.54) is 19.3 Å². The summed E-state index contributed by atoms with van der Waals surface area (Å²) in [4.78, 5) is 29.1. The van der Waals surface area contributed by atoms with Crippen LogP contribution in [0.5, 0.6) is 0 Å². The van der Waals surface area contributed by atoms with Gasteiger partial charge in [-0.15, -0.1) is 0 Å². The second-order valence-corrected chi connectivity index (χ2v) is 7.42. The summed E-state index contributed by atoms with van der Waals surface area (Å²) in [7, 11) is 1.83. The van der Waals surface area contributed by atoms with E-state index in [9.17, 15) is 9.59 Å². The Morgan fingerprint density at radius 1 is 1.21 bits per heavy atom. The lowest BCUT2D eigenvalue weighted by Crippen LogP contribution is -2.47. The molecule has 1 atom stereocenters. The van der Waals surface area contributed by atoms with Gasteiger partial charge < -0.3 is 15.1 Å². The topological polar surface area (TPSA) is 52.7 Å². The largest absolute Gasteiger partial charge is 0.335 e. The first-order valence-corrected chi connectivity index (χ1v) is 9.05. The molecule has 2 heterocycles. The predicted molar refractivity (Wildman–Crippen MR) is 93.1 cm³/mol. The Kier molecular flexibility index (Phi) is 3.74. The van der Waals surface area contributed by atoms with Crippen LogP contribution >= 0.6 is 0 Å². The number of rotatable bonds is 1. The highest BCUT2D eigenvalue weighted by atomic mass is 16.2. The van der Waals surface area contributed by atoms with Crippen LogP contribution in [-0.4, -0.2) is 43.0 Å². The summed E-state index contributed by atoms with van der Waals surface area (Å²) < 4.78 is 0. The van der Waals surface area contributed by atoms with E-state index in [-0.39, 0.29) is 11.9 Å². The molecule has 128 valence electrons. The van der Waals surface area contributed by atoms with E-state index >= 15 is 0 Å². The van der Waals surface area contributed by atoms with E-state index < -0.39 is 5.41 Å². The highest BCUT2D eigenvalue weighted by Crippen LogP contribution is 2.46. The van der Waals surface area contributed by atoms with Gasteiger partial charge in [-0.3, -0.25) is 4.79 Å². The van der Waals surface area contributed by atoms with E-state index in [1.54, 1.807) is 4.90 Å². The van der Waals surface area contributed by atoms with Crippen molar-refractivity contribution in [3.8, 4) is 0 Å². The van der Waals surface area contributed by atoms with Gasteiger partial charge in [-0.1, -0.05) is 37.5 Å². The van der Waals surface area contributed by atoms with Crippen LogP contribution in [0.4, 0.5) is 10.5 Å². The molecule has 0 unspecified atom stereocenters. The van der Waals surface area contributed by atoms with Crippen molar-refractivity contribution < 1.29 is 9.59 Å². The van der Waals surface area contributed by atoms with Crippen LogP contribution in [0.1, 0.15) is 44.1 Å². The third kappa shape index (κ3) is 2.29. The van der Waals surface area contributed by atoms with Crippen LogP contribution in [0, 0.1) is 0 Å². The zero-order chi connectivity index (χ0) is 16.7. The van der Waals surface area contributed by atoms with E-state index in [2.05, 4.69) is 5.32 Å². The number of anilines is 1. The van der Waals surface area contributed by atoms with Crippen LogP contribution < -0.4 is 10.2 Å². The first kappa shape index (κ1) is 15.5. The van der Waals surface area contributed by atoms with E-state index in [4.69, 9.17) is 0 Å². The Hall–Kier alpha value is -2.04. The fourth-order valence-electron chi connectivity index (χ4n) is 4.61. The maximum atomic E-state index is 12.9. The van der Waals surface area contributed by atoms with Gasteiger partial charge in [-0.2, -0.15) is 0 Å². The van der Waals surface area contributed by atoms with Crippen LogP contribution in [0.15, 0.2) is 24.3 Å². The van der Waals surface area contributed by atoms with Gasteiger partial charge in [0.15, 0.2) is 0 Å². The predicted octanol–water partition coefficient (Wildman–Crippen LogP) is 2.65. The minimum atomic E-state index is -0.546. The summed E-state index contributed by atoms with van der Waals surface area (Å²) in [5.74, 6) is 0.122. The lowest BCUT2D eigenvalue weighted by atomic mass is 9.81. The van der Waals surface area contributed by atoms with E-state index in [0.717, 1.165) is 24.1 Å². The molecule has 0 aromatic heterocycles. The molecule has 4 rings (SSSR count). The average Bonchev–Trinajstić information content (AvgIpc) is 3.15. The maximum Gasteiger partial charge on any atom is 0.317 e. The van der Waals surface area contributed by atoms with Crippen molar-refractivity contribution in [3.05, 3.63) is 29.8 Å². The van der Waals surface area contributed by atoms with Crippen molar-refractivity contribution in [1.82, 2.24) is 10.2 Å². The van der Waals surface area contributed by atoms with Crippen molar-refractivity contribution >= 4 is 17.6 Å². The number of hydrogen-bond acceptors (Lipinski definition) is 2. The van der Waals surface area contributed by atoms with E-state index in [1.807, 2.05) is 36.2 Å². The number of hydrogen-bond donors (Lipinski definition) is 1. The standard InChI is InChI=1S/C19H25N3O2/c1-21-16-10-6-5-9-15(16)19(17(21)23)11-12-22(13-19)18(24)20-14-7-3-2-4-8-14/h5-6,9-10,14H,2-4,7-8,11-13H2,1H3,(H,20,24)/t19-/m0/s1. The highest BCUT2D eigenvalue weighted by Gasteiger charge is 2.54. The SMILES string of the molecule is CN1C(=O)[C@]2(CCN(C(=O)NC3CCCCC3)C2)c2ccccc21. The van der Waals surface area contributed by atoms with Crippen LogP contribution in [0.25, 0.3) is 0 Å². The Bertz CT molecular complexity index is 668. The van der Waals surface area contributed by atoms with Gasteiger partial charge in [-0.05, 0) is 30.9 Å².